The van der Waals surface area contributed by atoms with Gasteiger partial charge in [0, 0.05) is 28.8 Å². The number of amides is 2. The van der Waals surface area contributed by atoms with E-state index in [0.717, 1.165) is 27.0 Å². The van der Waals surface area contributed by atoms with Crippen molar-refractivity contribution in [2.24, 2.45) is 5.92 Å². The molecule has 5 heteroatoms. The summed E-state index contributed by atoms with van der Waals surface area (Å²) in [7, 11) is 0. The average molecular weight is 387 g/mol. The number of nitrogens with zero attached hydrogens (tertiary/aromatic N) is 1. The lowest BCUT2D eigenvalue weighted by Gasteiger charge is -2.19. The first kappa shape index (κ1) is 16.7. The number of hydrogen-bond donors (Lipinski definition) is 1. The second kappa shape index (κ2) is 6.77. The van der Waals surface area contributed by atoms with Crippen LogP contribution in [0, 0.1) is 19.8 Å². The fourth-order valence-corrected chi connectivity index (χ4v) is 3.27. The molecular weight excluding hydrogens is 368 g/mol. The van der Waals surface area contributed by atoms with Crippen LogP contribution in [0.15, 0.2) is 46.9 Å². The third-order valence-electron chi connectivity index (χ3n) is 4.25. The highest BCUT2D eigenvalue weighted by atomic mass is 79.9. The van der Waals surface area contributed by atoms with Crippen molar-refractivity contribution in [3.05, 3.63) is 58.1 Å². The highest BCUT2D eigenvalue weighted by molar-refractivity contribution is 9.10. The molecule has 124 valence electrons. The van der Waals surface area contributed by atoms with Gasteiger partial charge in [0.05, 0.1) is 5.92 Å². The molecular formula is C19H19BrN2O2. The number of benzene rings is 2. The summed E-state index contributed by atoms with van der Waals surface area (Å²) in [4.78, 5) is 26.5. The van der Waals surface area contributed by atoms with Crippen LogP contribution in [0.5, 0.6) is 0 Å². The molecule has 0 aromatic heterocycles. The normalized spacial score (nSPS) is 17.2. The van der Waals surface area contributed by atoms with Gasteiger partial charge in [-0.3, -0.25) is 9.59 Å². The first-order valence-electron chi connectivity index (χ1n) is 7.88. The molecule has 1 N–H and O–H groups in total. The van der Waals surface area contributed by atoms with E-state index in [1.54, 1.807) is 4.90 Å². The standard InChI is InChI=1S/C19H19BrN2O2/c1-12-3-8-17(13(2)9-12)22-11-14(10-18(22)23)19(24)21-16-6-4-15(20)5-7-16/h3-9,14H,10-11H2,1-2H3,(H,21,24). The fourth-order valence-electron chi connectivity index (χ4n) is 3.00. The Labute approximate surface area is 150 Å². The van der Waals surface area contributed by atoms with Gasteiger partial charge in [-0.1, -0.05) is 33.6 Å². The molecule has 1 fully saturated rings. The van der Waals surface area contributed by atoms with E-state index >= 15 is 0 Å². The molecule has 24 heavy (non-hydrogen) atoms. The Morgan fingerprint density at radius 1 is 1.17 bits per heavy atom. The molecule has 1 atom stereocenters. The van der Waals surface area contributed by atoms with Gasteiger partial charge >= 0.3 is 0 Å². The van der Waals surface area contributed by atoms with Crippen molar-refractivity contribution in [1.82, 2.24) is 0 Å². The Kier molecular flexibility index (Phi) is 4.71. The van der Waals surface area contributed by atoms with Crippen LogP contribution in [-0.2, 0) is 9.59 Å². The molecule has 1 aliphatic heterocycles. The molecule has 2 aromatic rings. The van der Waals surface area contributed by atoms with Crippen molar-refractivity contribution < 1.29 is 9.59 Å². The Balaban J connectivity index is 1.72. The molecule has 1 unspecified atom stereocenters. The summed E-state index contributed by atoms with van der Waals surface area (Å²) in [6, 6.07) is 13.4. The Morgan fingerprint density at radius 2 is 1.88 bits per heavy atom. The van der Waals surface area contributed by atoms with Crippen LogP contribution in [0.4, 0.5) is 11.4 Å². The monoisotopic (exact) mass is 386 g/mol. The van der Waals surface area contributed by atoms with Crippen molar-refractivity contribution in [1.29, 1.82) is 0 Å². The molecule has 1 heterocycles. The molecule has 0 saturated carbocycles. The van der Waals surface area contributed by atoms with Gasteiger partial charge in [-0.05, 0) is 49.7 Å². The summed E-state index contributed by atoms with van der Waals surface area (Å²) < 4.78 is 0.956. The van der Waals surface area contributed by atoms with E-state index in [1.165, 1.54) is 0 Å². The van der Waals surface area contributed by atoms with Crippen LogP contribution in [0.1, 0.15) is 17.5 Å². The molecule has 0 bridgehead atoms. The number of carbonyl (C=O) groups excluding carboxylic acids is 2. The molecule has 1 saturated heterocycles. The largest absolute Gasteiger partial charge is 0.326 e. The molecule has 1 aliphatic rings. The lowest BCUT2D eigenvalue weighted by molar-refractivity contribution is -0.122. The smallest absolute Gasteiger partial charge is 0.229 e. The van der Waals surface area contributed by atoms with Gasteiger partial charge in [0.25, 0.3) is 0 Å². The van der Waals surface area contributed by atoms with Gasteiger partial charge in [-0.15, -0.1) is 0 Å². The Bertz CT molecular complexity index is 786. The second-order valence-corrected chi connectivity index (χ2v) is 7.11. The summed E-state index contributed by atoms with van der Waals surface area (Å²) in [5.74, 6) is -0.447. The maximum absolute atomic E-state index is 12.5. The van der Waals surface area contributed by atoms with Crippen LogP contribution in [0.25, 0.3) is 0 Å². The molecule has 0 spiro atoms. The Hall–Kier alpha value is -2.14. The molecule has 2 amide bonds. The fraction of sp³-hybridized carbons (Fsp3) is 0.263. The van der Waals surface area contributed by atoms with E-state index in [2.05, 4.69) is 27.3 Å². The minimum Gasteiger partial charge on any atom is -0.326 e. The summed E-state index contributed by atoms with van der Waals surface area (Å²) >= 11 is 3.37. The number of halogens is 1. The van der Waals surface area contributed by atoms with Crippen molar-refractivity contribution in [2.75, 3.05) is 16.8 Å². The zero-order chi connectivity index (χ0) is 17.3. The SMILES string of the molecule is Cc1ccc(N2CC(C(=O)Nc3ccc(Br)cc3)CC2=O)c(C)c1. The van der Waals surface area contributed by atoms with Crippen LogP contribution in [0.3, 0.4) is 0 Å². The quantitative estimate of drug-likeness (QED) is 0.864. The second-order valence-electron chi connectivity index (χ2n) is 6.19. The van der Waals surface area contributed by atoms with Crippen LogP contribution in [0.2, 0.25) is 0 Å². The van der Waals surface area contributed by atoms with E-state index in [1.807, 2.05) is 50.2 Å². The van der Waals surface area contributed by atoms with E-state index in [9.17, 15) is 9.59 Å². The minimum absolute atomic E-state index is 0.00194. The van der Waals surface area contributed by atoms with Gasteiger partial charge in [-0.25, -0.2) is 0 Å². The number of aryl methyl sites for hydroxylation is 2. The average Bonchev–Trinajstić information content (AvgIpc) is 2.91. The Morgan fingerprint density at radius 3 is 2.54 bits per heavy atom. The molecule has 0 radical (unpaired) electrons. The van der Waals surface area contributed by atoms with Crippen LogP contribution < -0.4 is 10.2 Å². The van der Waals surface area contributed by atoms with E-state index < -0.39 is 0 Å². The first-order chi connectivity index (χ1) is 11.4. The van der Waals surface area contributed by atoms with E-state index in [4.69, 9.17) is 0 Å². The molecule has 0 aliphatic carbocycles. The van der Waals surface area contributed by atoms with Crippen molar-refractivity contribution in [3.8, 4) is 0 Å². The number of nitrogens with one attached hydrogen (secondary N) is 1. The highest BCUT2D eigenvalue weighted by Gasteiger charge is 2.35. The molecule has 2 aromatic carbocycles. The number of rotatable bonds is 3. The number of hydrogen-bond acceptors (Lipinski definition) is 2. The van der Waals surface area contributed by atoms with Crippen molar-refractivity contribution >= 4 is 39.1 Å². The van der Waals surface area contributed by atoms with Gasteiger partial charge < -0.3 is 10.2 Å². The van der Waals surface area contributed by atoms with Crippen molar-refractivity contribution in [2.45, 2.75) is 20.3 Å². The van der Waals surface area contributed by atoms with Gasteiger partial charge in [0.15, 0.2) is 0 Å². The van der Waals surface area contributed by atoms with Gasteiger partial charge in [0.1, 0.15) is 0 Å². The summed E-state index contributed by atoms with van der Waals surface area (Å²) in [6.45, 7) is 4.44. The third kappa shape index (κ3) is 3.51. The third-order valence-corrected chi connectivity index (χ3v) is 4.78. The van der Waals surface area contributed by atoms with E-state index in [-0.39, 0.29) is 24.2 Å². The summed E-state index contributed by atoms with van der Waals surface area (Å²) in [5.41, 5.74) is 3.84. The predicted octanol–water partition coefficient (Wildman–Crippen LogP) is 4.06. The van der Waals surface area contributed by atoms with Gasteiger partial charge in [0.2, 0.25) is 11.8 Å². The summed E-state index contributed by atoms with van der Waals surface area (Å²) in [5, 5.41) is 2.89. The van der Waals surface area contributed by atoms with Crippen LogP contribution in [-0.4, -0.2) is 18.4 Å². The van der Waals surface area contributed by atoms with Crippen molar-refractivity contribution in [3.63, 3.8) is 0 Å². The van der Waals surface area contributed by atoms with E-state index in [0.29, 0.717) is 6.54 Å². The lowest BCUT2D eigenvalue weighted by Crippen LogP contribution is -2.28. The van der Waals surface area contributed by atoms with Gasteiger partial charge in [-0.2, -0.15) is 0 Å². The van der Waals surface area contributed by atoms with Crippen LogP contribution >= 0.6 is 15.9 Å². The number of anilines is 2. The first-order valence-corrected chi connectivity index (χ1v) is 8.67. The number of carbonyl (C=O) groups is 2. The topological polar surface area (TPSA) is 49.4 Å². The minimum atomic E-state index is -0.332. The maximum Gasteiger partial charge on any atom is 0.229 e. The highest BCUT2D eigenvalue weighted by Crippen LogP contribution is 2.29. The zero-order valence-corrected chi connectivity index (χ0v) is 15.3. The lowest BCUT2D eigenvalue weighted by atomic mass is 10.1. The predicted molar refractivity (Wildman–Crippen MR) is 99.1 cm³/mol. The maximum atomic E-state index is 12.5. The molecule has 4 nitrogen and oxygen atoms in total. The summed E-state index contributed by atoms with van der Waals surface area (Å²) in [6.07, 6.45) is 0.246. The molecule has 3 rings (SSSR count). The zero-order valence-electron chi connectivity index (χ0n) is 13.7.